The summed E-state index contributed by atoms with van der Waals surface area (Å²) < 4.78 is 5.10. The van der Waals surface area contributed by atoms with Crippen molar-refractivity contribution >= 4 is 22.6 Å². The molecule has 3 N–H and O–H groups in total. The van der Waals surface area contributed by atoms with Crippen LogP contribution in [0.15, 0.2) is 41.1 Å². The molecule has 120 valence electrons. The third-order valence-corrected chi connectivity index (χ3v) is 3.96. The Morgan fingerprint density at radius 1 is 1.25 bits per heavy atom. The van der Waals surface area contributed by atoms with Gasteiger partial charge in [-0.1, -0.05) is 0 Å². The van der Waals surface area contributed by atoms with Gasteiger partial charge in [0.25, 0.3) is 5.91 Å². The molecule has 0 bridgehead atoms. The molecule has 24 heavy (non-hydrogen) atoms. The SMILES string of the molecule is Cc1cc2nc(-c3n[nH]cc3NC(=O)c3ccco3)[nH]c2cc1C. The number of hydrogen-bond donors (Lipinski definition) is 3. The van der Waals surface area contributed by atoms with E-state index in [2.05, 4.69) is 38.5 Å². The number of nitrogens with zero attached hydrogens (tertiary/aromatic N) is 2. The highest BCUT2D eigenvalue weighted by molar-refractivity contribution is 6.04. The van der Waals surface area contributed by atoms with Crippen molar-refractivity contribution in [2.24, 2.45) is 0 Å². The normalized spacial score (nSPS) is 11.1. The average Bonchev–Trinajstić information content (AvgIpc) is 3.26. The number of H-pyrrole nitrogens is 2. The number of nitrogens with one attached hydrogen (secondary N) is 3. The Kier molecular flexibility index (Phi) is 3.19. The Hall–Kier alpha value is -3.35. The van der Waals surface area contributed by atoms with Gasteiger partial charge in [0.05, 0.1) is 23.0 Å². The minimum absolute atomic E-state index is 0.234. The van der Waals surface area contributed by atoms with Crippen LogP contribution in [0.25, 0.3) is 22.6 Å². The Morgan fingerprint density at radius 3 is 2.88 bits per heavy atom. The summed E-state index contributed by atoms with van der Waals surface area (Å²) in [7, 11) is 0. The van der Waals surface area contributed by atoms with Crippen molar-refractivity contribution in [1.82, 2.24) is 20.2 Å². The second-order valence-electron chi connectivity index (χ2n) is 5.62. The molecule has 3 aromatic heterocycles. The first-order valence-corrected chi connectivity index (χ1v) is 7.48. The molecule has 7 heteroatoms. The number of benzene rings is 1. The molecule has 7 nitrogen and oxygen atoms in total. The van der Waals surface area contributed by atoms with Crippen molar-refractivity contribution in [3.63, 3.8) is 0 Å². The monoisotopic (exact) mass is 321 g/mol. The molecule has 0 saturated heterocycles. The summed E-state index contributed by atoms with van der Waals surface area (Å²) >= 11 is 0. The number of carbonyl (C=O) groups excluding carboxylic acids is 1. The third-order valence-electron chi connectivity index (χ3n) is 3.96. The predicted molar refractivity (Wildman–Crippen MR) is 89.8 cm³/mol. The van der Waals surface area contributed by atoms with E-state index in [1.54, 1.807) is 18.3 Å². The highest BCUT2D eigenvalue weighted by Gasteiger charge is 2.17. The highest BCUT2D eigenvalue weighted by Crippen LogP contribution is 2.27. The molecule has 0 atom stereocenters. The van der Waals surface area contributed by atoms with Gasteiger partial charge in [-0.3, -0.25) is 9.89 Å². The lowest BCUT2D eigenvalue weighted by Gasteiger charge is -2.01. The van der Waals surface area contributed by atoms with Gasteiger partial charge in [0.15, 0.2) is 17.3 Å². The molecule has 0 saturated carbocycles. The van der Waals surface area contributed by atoms with Crippen LogP contribution in [0.3, 0.4) is 0 Å². The van der Waals surface area contributed by atoms with E-state index in [4.69, 9.17) is 4.42 Å². The minimum atomic E-state index is -0.342. The minimum Gasteiger partial charge on any atom is -0.459 e. The number of fused-ring (bicyclic) bond motifs is 1. The predicted octanol–water partition coefficient (Wildman–Crippen LogP) is 3.42. The van der Waals surface area contributed by atoms with Crippen molar-refractivity contribution in [2.75, 3.05) is 5.32 Å². The summed E-state index contributed by atoms with van der Waals surface area (Å²) in [5, 5.41) is 9.73. The number of amides is 1. The smallest absolute Gasteiger partial charge is 0.291 e. The van der Waals surface area contributed by atoms with Crippen LogP contribution < -0.4 is 5.32 Å². The zero-order valence-corrected chi connectivity index (χ0v) is 13.2. The first-order valence-electron chi connectivity index (χ1n) is 7.48. The van der Waals surface area contributed by atoms with E-state index in [0.717, 1.165) is 11.0 Å². The lowest BCUT2D eigenvalue weighted by atomic mass is 10.1. The summed E-state index contributed by atoms with van der Waals surface area (Å²) in [6, 6.07) is 7.34. The molecule has 0 spiro atoms. The lowest BCUT2D eigenvalue weighted by Crippen LogP contribution is -2.11. The van der Waals surface area contributed by atoms with E-state index in [9.17, 15) is 4.79 Å². The van der Waals surface area contributed by atoms with Crippen molar-refractivity contribution in [3.05, 3.63) is 53.6 Å². The van der Waals surface area contributed by atoms with Gasteiger partial charge in [-0.2, -0.15) is 5.10 Å². The third kappa shape index (κ3) is 2.36. The van der Waals surface area contributed by atoms with Gasteiger partial charge >= 0.3 is 0 Å². The molecule has 0 fully saturated rings. The van der Waals surface area contributed by atoms with Crippen LogP contribution in [0.2, 0.25) is 0 Å². The number of hydrogen-bond acceptors (Lipinski definition) is 4. The van der Waals surface area contributed by atoms with Crippen LogP contribution in [0.5, 0.6) is 0 Å². The van der Waals surface area contributed by atoms with Crippen molar-refractivity contribution in [3.8, 4) is 11.5 Å². The summed E-state index contributed by atoms with van der Waals surface area (Å²) in [5.41, 5.74) is 5.23. The maximum absolute atomic E-state index is 12.1. The van der Waals surface area contributed by atoms with Gasteiger partial charge in [-0.05, 0) is 49.2 Å². The van der Waals surface area contributed by atoms with E-state index < -0.39 is 0 Å². The zero-order valence-electron chi connectivity index (χ0n) is 13.2. The quantitative estimate of drug-likeness (QED) is 0.538. The largest absolute Gasteiger partial charge is 0.459 e. The van der Waals surface area contributed by atoms with Gasteiger partial charge in [0, 0.05) is 6.20 Å². The lowest BCUT2D eigenvalue weighted by molar-refractivity contribution is 0.0996. The Balaban J connectivity index is 1.70. The van der Waals surface area contributed by atoms with E-state index in [1.807, 2.05) is 13.0 Å². The fraction of sp³-hybridized carbons (Fsp3) is 0.118. The number of aromatic amines is 2. The van der Waals surface area contributed by atoms with Crippen LogP contribution >= 0.6 is 0 Å². The summed E-state index contributed by atoms with van der Waals surface area (Å²) in [5.74, 6) is 0.481. The summed E-state index contributed by atoms with van der Waals surface area (Å²) in [6.07, 6.45) is 3.06. The number of imidazole rings is 1. The Morgan fingerprint density at radius 2 is 2.08 bits per heavy atom. The fourth-order valence-corrected chi connectivity index (χ4v) is 2.54. The average molecular weight is 321 g/mol. The van der Waals surface area contributed by atoms with Gasteiger partial charge in [-0.25, -0.2) is 4.98 Å². The highest BCUT2D eigenvalue weighted by atomic mass is 16.3. The molecule has 4 aromatic rings. The number of furan rings is 1. The van der Waals surface area contributed by atoms with Crippen LogP contribution in [0.4, 0.5) is 5.69 Å². The van der Waals surface area contributed by atoms with Crippen LogP contribution in [-0.4, -0.2) is 26.1 Å². The van der Waals surface area contributed by atoms with Crippen molar-refractivity contribution < 1.29 is 9.21 Å². The van der Waals surface area contributed by atoms with Gasteiger partial charge < -0.3 is 14.7 Å². The molecule has 0 aliphatic heterocycles. The first kappa shape index (κ1) is 14.3. The van der Waals surface area contributed by atoms with Crippen molar-refractivity contribution in [1.29, 1.82) is 0 Å². The molecule has 1 amide bonds. The molecule has 0 aliphatic rings. The molecule has 3 heterocycles. The second kappa shape index (κ2) is 5.38. The van der Waals surface area contributed by atoms with E-state index >= 15 is 0 Å². The van der Waals surface area contributed by atoms with E-state index in [0.29, 0.717) is 17.2 Å². The van der Waals surface area contributed by atoms with Crippen LogP contribution in [-0.2, 0) is 0 Å². The fourth-order valence-electron chi connectivity index (χ4n) is 2.54. The second-order valence-corrected chi connectivity index (χ2v) is 5.62. The molecule has 1 aromatic carbocycles. The topological polar surface area (TPSA) is 99.6 Å². The van der Waals surface area contributed by atoms with Gasteiger partial charge in [-0.15, -0.1) is 0 Å². The van der Waals surface area contributed by atoms with Crippen molar-refractivity contribution in [2.45, 2.75) is 13.8 Å². The van der Waals surface area contributed by atoms with Crippen LogP contribution in [0, 0.1) is 13.8 Å². The van der Waals surface area contributed by atoms with Gasteiger partial charge in [0.2, 0.25) is 0 Å². The first-order chi connectivity index (χ1) is 11.6. The molecule has 0 unspecified atom stereocenters. The maximum Gasteiger partial charge on any atom is 0.291 e. The standard InChI is InChI=1S/C17H15N5O2/c1-9-6-11-12(7-10(9)2)20-16(19-11)15-13(8-18-22-15)21-17(23)14-4-3-5-24-14/h3-8H,1-2H3,(H,18,22)(H,19,20)(H,21,23). The maximum atomic E-state index is 12.1. The number of anilines is 1. The van der Waals surface area contributed by atoms with Crippen LogP contribution in [0.1, 0.15) is 21.7 Å². The van der Waals surface area contributed by atoms with E-state index in [-0.39, 0.29) is 11.7 Å². The summed E-state index contributed by atoms with van der Waals surface area (Å²) in [6.45, 7) is 4.10. The zero-order chi connectivity index (χ0) is 16.7. The molecule has 0 aliphatic carbocycles. The van der Waals surface area contributed by atoms with E-state index in [1.165, 1.54) is 17.4 Å². The number of aryl methyl sites for hydroxylation is 2. The number of rotatable bonds is 3. The summed E-state index contributed by atoms with van der Waals surface area (Å²) in [4.78, 5) is 20.0. The molecular formula is C17H15N5O2. The Labute approximate surface area is 137 Å². The van der Waals surface area contributed by atoms with Gasteiger partial charge in [0.1, 0.15) is 0 Å². The molecule has 4 rings (SSSR count). The molecular weight excluding hydrogens is 306 g/mol. The molecule has 0 radical (unpaired) electrons. The number of aromatic nitrogens is 4. The Bertz CT molecular complexity index is 988. The number of carbonyl (C=O) groups is 1.